The molecule has 0 saturated heterocycles. The molecule has 0 amide bonds. The predicted molar refractivity (Wildman–Crippen MR) is 119 cm³/mol. The molecule has 0 N–H and O–H groups in total. The van der Waals surface area contributed by atoms with Gasteiger partial charge in [0.15, 0.2) is 8.80 Å². The lowest BCUT2D eigenvalue weighted by atomic mass is 10.2. The molecule has 0 saturated carbocycles. The van der Waals surface area contributed by atoms with Gasteiger partial charge in [-0.3, -0.25) is 0 Å². The first kappa shape index (κ1) is 17.9. The Kier molecular flexibility index (Phi) is 5.67. The summed E-state index contributed by atoms with van der Waals surface area (Å²) >= 11 is 0. The first-order chi connectivity index (χ1) is 13.9. The molecule has 134 valence electrons. The zero-order chi connectivity index (χ0) is 19.0. The minimum absolute atomic E-state index is 0.816. The van der Waals surface area contributed by atoms with Crippen LogP contribution in [0.15, 0.2) is 115 Å². The van der Waals surface area contributed by atoms with Crippen LogP contribution in [0.25, 0.3) is 0 Å². The van der Waals surface area contributed by atoms with E-state index in [0.29, 0.717) is 0 Å². The Morgan fingerprint density at radius 3 is 1.50 bits per heavy atom. The van der Waals surface area contributed by atoms with Crippen molar-refractivity contribution in [1.82, 2.24) is 0 Å². The van der Waals surface area contributed by atoms with Crippen molar-refractivity contribution in [2.75, 3.05) is 0 Å². The average molecular weight is 377 g/mol. The van der Waals surface area contributed by atoms with Crippen molar-refractivity contribution in [1.29, 1.82) is 0 Å². The van der Waals surface area contributed by atoms with Gasteiger partial charge in [-0.2, -0.15) is 0 Å². The molecule has 0 fully saturated rings. The molecule has 28 heavy (non-hydrogen) atoms. The largest absolute Gasteiger partial charge is 0.457 e. The molecule has 0 aliphatic rings. The Hall–Kier alpha value is -3.54. The highest BCUT2D eigenvalue weighted by Crippen LogP contribution is 2.20. The summed E-state index contributed by atoms with van der Waals surface area (Å²) < 4.78 is 5.86. The smallest absolute Gasteiger partial charge is 0.184 e. The molecule has 4 rings (SSSR count). The van der Waals surface area contributed by atoms with Crippen molar-refractivity contribution in [3.05, 3.63) is 121 Å². The van der Waals surface area contributed by atoms with Crippen LogP contribution in [-0.4, -0.2) is 8.80 Å². The third-order valence-corrected chi connectivity index (χ3v) is 7.00. The second-order valence-electron chi connectivity index (χ2n) is 6.46. The molecule has 1 nitrogen and oxygen atoms in total. The van der Waals surface area contributed by atoms with E-state index in [4.69, 9.17) is 4.74 Å². The van der Waals surface area contributed by atoms with Gasteiger partial charge >= 0.3 is 0 Å². The third-order valence-electron chi connectivity index (χ3n) is 4.46. The lowest BCUT2D eigenvalue weighted by molar-refractivity contribution is 0.482. The van der Waals surface area contributed by atoms with Gasteiger partial charge in [-0.15, -0.1) is 5.54 Å². The monoisotopic (exact) mass is 376 g/mol. The summed E-state index contributed by atoms with van der Waals surface area (Å²) in [4.78, 5) is 0. The number of para-hydroxylation sites is 1. The van der Waals surface area contributed by atoms with Crippen LogP contribution in [0.2, 0.25) is 0 Å². The van der Waals surface area contributed by atoms with E-state index in [2.05, 4.69) is 72.1 Å². The standard InChI is InChI=1S/C26H20OSi/c1-4-10-23(11-5-1)27-24-18-16-22(17-19-24)20-21-28(25-12-6-2-7-13-25)26-14-8-3-9-15-26/h1-19,28H. The van der Waals surface area contributed by atoms with Crippen LogP contribution in [-0.2, 0) is 0 Å². The van der Waals surface area contributed by atoms with Crippen LogP contribution in [0.3, 0.4) is 0 Å². The Morgan fingerprint density at radius 1 is 0.500 bits per heavy atom. The highest BCUT2D eigenvalue weighted by atomic mass is 28.3. The van der Waals surface area contributed by atoms with Gasteiger partial charge in [-0.25, -0.2) is 0 Å². The van der Waals surface area contributed by atoms with Crippen LogP contribution in [0, 0.1) is 11.5 Å². The summed E-state index contributed by atoms with van der Waals surface area (Å²) in [5.41, 5.74) is 4.59. The van der Waals surface area contributed by atoms with E-state index in [9.17, 15) is 0 Å². The molecule has 0 unspecified atom stereocenters. The summed E-state index contributed by atoms with van der Waals surface area (Å²) in [6.45, 7) is 0. The third kappa shape index (κ3) is 4.59. The zero-order valence-electron chi connectivity index (χ0n) is 15.5. The molecule has 0 aromatic heterocycles. The minimum Gasteiger partial charge on any atom is -0.457 e. The summed E-state index contributed by atoms with van der Waals surface area (Å²) in [6.07, 6.45) is 0. The van der Waals surface area contributed by atoms with Gasteiger partial charge in [0.25, 0.3) is 0 Å². The maximum atomic E-state index is 5.86. The Bertz CT molecular complexity index is 1020. The normalized spacial score (nSPS) is 10.2. The summed E-state index contributed by atoms with van der Waals surface area (Å²) in [6, 6.07) is 39.0. The van der Waals surface area contributed by atoms with E-state index in [1.807, 2.05) is 54.6 Å². The molecule has 0 spiro atoms. The second kappa shape index (κ2) is 8.90. The topological polar surface area (TPSA) is 9.23 Å². The fraction of sp³-hybridized carbons (Fsp3) is 0. The van der Waals surface area contributed by atoms with Crippen molar-refractivity contribution in [2.45, 2.75) is 0 Å². The maximum absolute atomic E-state index is 5.86. The minimum atomic E-state index is -1.58. The van der Waals surface area contributed by atoms with Gasteiger partial charge in [-0.1, -0.05) is 84.8 Å². The van der Waals surface area contributed by atoms with Crippen molar-refractivity contribution < 1.29 is 4.74 Å². The quantitative estimate of drug-likeness (QED) is 0.379. The molecule has 2 heteroatoms. The van der Waals surface area contributed by atoms with Crippen LogP contribution in [0.5, 0.6) is 11.5 Å². The van der Waals surface area contributed by atoms with Crippen LogP contribution in [0.4, 0.5) is 0 Å². The molecule has 0 aliphatic carbocycles. The van der Waals surface area contributed by atoms with Crippen molar-refractivity contribution in [2.24, 2.45) is 0 Å². The number of benzene rings is 4. The molecular formula is C26H20OSi. The van der Waals surface area contributed by atoms with Gasteiger partial charge in [-0.05, 0) is 46.8 Å². The van der Waals surface area contributed by atoms with E-state index < -0.39 is 8.80 Å². The molecule has 0 heterocycles. The van der Waals surface area contributed by atoms with E-state index >= 15 is 0 Å². The second-order valence-corrected chi connectivity index (χ2v) is 8.95. The molecule has 0 bridgehead atoms. The van der Waals surface area contributed by atoms with Gasteiger partial charge in [0.05, 0.1) is 0 Å². The van der Waals surface area contributed by atoms with Gasteiger partial charge in [0, 0.05) is 5.56 Å². The van der Waals surface area contributed by atoms with E-state index in [1.54, 1.807) is 0 Å². The van der Waals surface area contributed by atoms with Gasteiger partial charge < -0.3 is 4.74 Å². The summed E-state index contributed by atoms with van der Waals surface area (Å²) in [5, 5.41) is 2.68. The summed E-state index contributed by atoms with van der Waals surface area (Å²) in [5.74, 6) is 5.04. The van der Waals surface area contributed by atoms with Gasteiger partial charge in [0.1, 0.15) is 11.5 Å². The number of ether oxygens (including phenoxy) is 1. The molecule has 4 aromatic carbocycles. The number of rotatable bonds is 4. The van der Waals surface area contributed by atoms with Crippen molar-refractivity contribution >= 4 is 19.2 Å². The van der Waals surface area contributed by atoms with Gasteiger partial charge in [0.2, 0.25) is 0 Å². The SMILES string of the molecule is C(#C[SiH](c1ccccc1)c1ccccc1)c1ccc(Oc2ccccc2)cc1. The van der Waals surface area contributed by atoms with Crippen LogP contribution >= 0.6 is 0 Å². The lowest BCUT2D eigenvalue weighted by Crippen LogP contribution is -2.41. The Morgan fingerprint density at radius 2 is 0.964 bits per heavy atom. The fourth-order valence-electron chi connectivity index (χ4n) is 3.04. The number of hydrogen-bond donors (Lipinski definition) is 0. The van der Waals surface area contributed by atoms with Crippen LogP contribution in [0.1, 0.15) is 5.56 Å². The number of hydrogen-bond acceptors (Lipinski definition) is 1. The average Bonchev–Trinajstić information content (AvgIpc) is 2.77. The predicted octanol–water partition coefficient (Wildman–Crippen LogP) is 4.41. The maximum Gasteiger partial charge on any atom is 0.184 e. The van der Waals surface area contributed by atoms with E-state index in [1.165, 1.54) is 10.4 Å². The molecular weight excluding hydrogens is 356 g/mol. The highest BCUT2D eigenvalue weighted by Gasteiger charge is 2.12. The lowest BCUT2D eigenvalue weighted by Gasteiger charge is -2.09. The van der Waals surface area contributed by atoms with Crippen molar-refractivity contribution in [3.8, 4) is 23.0 Å². The highest BCUT2D eigenvalue weighted by molar-refractivity contribution is 6.91. The van der Waals surface area contributed by atoms with Crippen LogP contribution < -0.4 is 15.1 Å². The fourth-order valence-corrected chi connectivity index (χ4v) is 5.28. The first-order valence-corrected chi connectivity index (χ1v) is 11.1. The van der Waals surface area contributed by atoms with E-state index in [-0.39, 0.29) is 0 Å². The zero-order valence-corrected chi connectivity index (χ0v) is 16.6. The summed E-state index contributed by atoms with van der Waals surface area (Å²) in [7, 11) is -1.58. The van der Waals surface area contributed by atoms with Crippen molar-refractivity contribution in [3.63, 3.8) is 0 Å². The molecule has 4 aromatic rings. The van der Waals surface area contributed by atoms with E-state index in [0.717, 1.165) is 17.1 Å². The molecule has 0 aliphatic heterocycles. The molecule has 0 radical (unpaired) electrons. The Balaban J connectivity index is 1.57. The Labute approximate surface area is 167 Å². The first-order valence-electron chi connectivity index (χ1n) is 9.33. The molecule has 0 atom stereocenters.